The minimum atomic E-state index is -0.372. The lowest BCUT2D eigenvalue weighted by Crippen LogP contribution is -2.60. The molecule has 8 nitrogen and oxygen atoms in total. The van der Waals surface area contributed by atoms with E-state index in [1.54, 1.807) is 12.1 Å². The molecule has 1 aromatic rings. The van der Waals surface area contributed by atoms with Gasteiger partial charge in [0, 0.05) is 50.6 Å². The summed E-state index contributed by atoms with van der Waals surface area (Å²) in [5, 5.41) is 14.2. The van der Waals surface area contributed by atoms with Crippen LogP contribution in [0.25, 0.3) is 0 Å². The van der Waals surface area contributed by atoms with Gasteiger partial charge < -0.3 is 19.9 Å². The largest absolute Gasteiger partial charge is 0.376 e. The van der Waals surface area contributed by atoms with Crippen LogP contribution in [0.15, 0.2) is 18.2 Å². The monoisotopic (exact) mass is 374 g/mol. The third-order valence-electron chi connectivity index (χ3n) is 5.97. The van der Waals surface area contributed by atoms with Gasteiger partial charge in [-0.1, -0.05) is 0 Å². The van der Waals surface area contributed by atoms with Crippen LogP contribution in [-0.2, 0) is 16.0 Å². The second-order valence-corrected chi connectivity index (χ2v) is 7.78. The Kier molecular flexibility index (Phi) is 5.01. The molecule has 3 heterocycles. The zero-order chi connectivity index (χ0) is 19.0. The fourth-order valence-electron chi connectivity index (χ4n) is 4.52. The van der Waals surface area contributed by atoms with Gasteiger partial charge in [-0.25, -0.2) is 0 Å². The molecule has 0 spiro atoms. The van der Waals surface area contributed by atoms with Crippen molar-refractivity contribution in [1.29, 1.82) is 0 Å². The molecule has 0 aliphatic carbocycles. The van der Waals surface area contributed by atoms with Crippen molar-refractivity contribution >= 4 is 17.3 Å². The van der Waals surface area contributed by atoms with Gasteiger partial charge in [-0.15, -0.1) is 0 Å². The van der Waals surface area contributed by atoms with Gasteiger partial charge in [0.1, 0.15) is 0 Å². The van der Waals surface area contributed by atoms with Gasteiger partial charge in [0.15, 0.2) is 0 Å². The Bertz CT molecular complexity index is 734. The highest BCUT2D eigenvalue weighted by atomic mass is 16.6. The summed E-state index contributed by atoms with van der Waals surface area (Å²) in [5.41, 5.74) is 2.00. The van der Waals surface area contributed by atoms with Crippen LogP contribution in [0, 0.1) is 16.0 Å². The molecule has 146 valence electrons. The summed E-state index contributed by atoms with van der Waals surface area (Å²) in [7, 11) is 2.07. The molecule has 1 aromatic carbocycles. The maximum atomic E-state index is 13.0. The number of piperazine rings is 1. The minimum absolute atomic E-state index is 0.0213. The van der Waals surface area contributed by atoms with Crippen LogP contribution in [0.2, 0.25) is 0 Å². The predicted molar refractivity (Wildman–Crippen MR) is 101 cm³/mol. The number of hydrogen-bond donors (Lipinski definition) is 1. The topological polar surface area (TPSA) is 88.0 Å². The Morgan fingerprint density at radius 2 is 2.26 bits per heavy atom. The van der Waals surface area contributed by atoms with E-state index in [1.165, 1.54) is 0 Å². The Balaban J connectivity index is 1.57. The molecule has 1 N–H and O–H groups in total. The van der Waals surface area contributed by atoms with Crippen molar-refractivity contribution in [2.45, 2.75) is 31.4 Å². The number of fused-ring (bicyclic) bond motifs is 3. The van der Waals surface area contributed by atoms with Crippen molar-refractivity contribution in [3.63, 3.8) is 0 Å². The first-order valence-corrected chi connectivity index (χ1v) is 9.65. The number of nitrogens with one attached hydrogen (secondary N) is 1. The van der Waals surface area contributed by atoms with Gasteiger partial charge in [0.25, 0.3) is 5.69 Å². The Hall–Kier alpha value is -2.19. The number of nitrogens with zero attached hydrogens (tertiary/aromatic N) is 3. The summed E-state index contributed by atoms with van der Waals surface area (Å²) in [5.74, 6) is -0.198. The van der Waals surface area contributed by atoms with Crippen molar-refractivity contribution in [2.24, 2.45) is 5.92 Å². The van der Waals surface area contributed by atoms with Gasteiger partial charge in [0.05, 0.1) is 23.0 Å². The number of carbonyl (C=O) groups excluding carboxylic acids is 1. The van der Waals surface area contributed by atoms with Crippen molar-refractivity contribution in [3.8, 4) is 0 Å². The Labute approximate surface area is 158 Å². The summed E-state index contributed by atoms with van der Waals surface area (Å²) in [6.45, 7) is 3.86. The molecule has 4 rings (SSSR count). The van der Waals surface area contributed by atoms with E-state index in [9.17, 15) is 14.9 Å². The number of rotatable bonds is 4. The number of hydrogen-bond acceptors (Lipinski definition) is 6. The van der Waals surface area contributed by atoms with E-state index in [1.807, 2.05) is 6.07 Å². The molecule has 1 amide bonds. The van der Waals surface area contributed by atoms with Crippen LogP contribution in [0.4, 0.5) is 11.4 Å². The molecule has 0 saturated carbocycles. The van der Waals surface area contributed by atoms with Crippen LogP contribution in [0.1, 0.15) is 18.4 Å². The van der Waals surface area contributed by atoms with Crippen LogP contribution >= 0.6 is 0 Å². The highest BCUT2D eigenvalue weighted by Crippen LogP contribution is 2.37. The van der Waals surface area contributed by atoms with Crippen molar-refractivity contribution in [3.05, 3.63) is 33.9 Å². The molecular formula is C19H26N4O4. The summed E-state index contributed by atoms with van der Waals surface area (Å²) >= 11 is 0. The molecule has 0 radical (unpaired) electrons. The molecule has 0 aromatic heterocycles. The Morgan fingerprint density at radius 3 is 3.00 bits per heavy atom. The molecular weight excluding hydrogens is 348 g/mol. The van der Waals surface area contributed by atoms with Gasteiger partial charge >= 0.3 is 0 Å². The predicted octanol–water partition coefficient (Wildman–Crippen LogP) is 1.18. The van der Waals surface area contributed by atoms with E-state index < -0.39 is 0 Å². The lowest BCUT2D eigenvalue weighted by atomic mass is 9.83. The minimum Gasteiger partial charge on any atom is -0.376 e. The third kappa shape index (κ3) is 3.64. The SMILES string of the molecule is CN1CCN2c3ccc([N+](=O)[O-])cc3CC(C(=O)NCC3CCCO3)C2C1. The highest BCUT2D eigenvalue weighted by molar-refractivity contribution is 5.82. The molecule has 27 heavy (non-hydrogen) atoms. The first-order valence-electron chi connectivity index (χ1n) is 9.65. The summed E-state index contributed by atoms with van der Waals surface area (Å²) in [6, 6.07) is 5.12. The van der Waals surface area contributed by atoms with E-state index in [-0.39, 0.29) is 34.6 Å². The van der Waals surface area contributed by atoms with E-state index in [0.29, 0.717) is 13.0 Å². The lowest BCUT2D eigenvalue weighted by molar-refractivity contribution is -0.384. The first kappa shape index (κ1) is 18.2. The van der Waals surface area contributed by atoms with Gasteiger partial charge in [-0.3, -0.25) is 14.9 Å². The maximum Gasteiger partial charge on any atom is 0.269 e. The normalized spacial score (nSPS) is 27.7. The number of likely N-dealkylation sites (N-methyl/N-ethyl adjacent to an activating group) is 1. The lowest BCUT2D eigenvalue weighted by Gasteiger charge is -2.48. The fourth-order valence-corrected chi connectivity index (χ4v) is 4.52. The number of ether oxygens (including phenoxy) is 1. The van der Waals surface area contributed by atoms with Crippen molar-refractivity contribution in [1.82, 2.24) is 10.2 Å². The average molecular weight is 374 g/mol. The summed E-state index contributed by atoms with van der Waals surface area (Å²) < 4.78 is 5.60. The molecule has 2 saturated heterocycles. The van der Waals surface area contributed by atoms with Crippen LogP contribution in [0.3, 0.4) is 0 Å². The average Bonchev–Trinajstić information content (AvgIpc) is 3.18. The van der Waals surface area contributed by atoms with E-state index >= 15 is 0 Å². The molecule has 0 bridgehead atoms. The molecule has 3 aliphatic rings. The van der Waals surface area contributed by atoms with Gasteiger partial charge in [-0.2, -0.15) is 0 Å². The van der Waals surface area contributed by atoms with E-state index in [0.717, 1.165) is 50.3 Å². The number of nitro benzene ring substituents is 1. The van der Waals surface area contributed by atoms with Gasteiger partial charge in [-0.05, 0) is 37.9 Å². The molecule has 3 unspecified atom stereocenters. The maximum absolute atomic E-state index is 13.0. The highest BCUT2D eigenvalue weighted by Gasteiger charge is 2.41. The van der Waals surface area contributed by atoms with Gasteiger partial charge in [0.2, 0.25) is 5.91 Å². The number of nitro groups is 1. The number of benzene rings is 1. The number of amides is 1. The second-order valence-electron chi connectivity index (χ2n) is 7.78. The summed E-state index contributed by atoms with van der Waals surface area (Å²) in [4.78, 5) is 28.3. The van der Waals surface area contributed by atoms with Crippen LogP contribution < -0.4 is 10.2 Å². The quantitative estimate of drug-likeness (QED) is 0.629. The summed E-state index contributed by atoms with van der Waals surface area (Å²) in [6.07, 6.45) is 2.67. The zero-order valence-electron chi connectivity index (χ0n) is 15.6. The fraction of sp³-hybridized carbons (Fsp3) is 0.632. The molecule has 2 fully saturated rings. The second kappa shape index (κ2) is 7.44. The molecule has 3 aliphatic heterocycles. The van der Waals surface area contributed by atoms with E-state index in [2.05, 4.69) is 22.2 Å². The molecule has 8 heteroatoms. The van der Waals surface area contributed by atoms with Crippen molar-refractivity contribution < 1.29 is 14.5 Å². The van der Waals surface area contributed by atoms with Crippen LogP contribution in [0.5, 0.6) is 0 Å². The van der Waals surface area contributed by atoms with Crippen LogP contribution in [-0.4, -0.2) is 67.7 Å². The number of anilines is 1. The van der Waals surface area contributed by atoms with E-state index in [4.69, 9.17) is 4.74 Å². The Morgan fingerprint density at radius 1 is 1.41 bits per heavy atom. The number of carbonyl (C=O) groups is 1. The smallest absolute Gasteiger partial charge is 0.269 e. The number of non-ortho nitro benzene ring substituents is 1. The standard InChI is InChI=1S/C19H26N4O4/c1-21-6-7-22-17-5-4-14(23(25)26)9-13(17)10-16(18(22)12-21)19(24)20-11-15-3-2-8-27-15/h4-5,9,15-16,18H,2-3,6-8,10-12H2,1H3,(H,20,24). The zero-order valence-corrected chi connectivity index (χ0v) is 15.6. The first-order chi connectivity index (χ1) is 13.0. The third-order valence-corrected chi connectivity index (χ3v) is 5.97. The van der Waals surface area contributed by atoms with Crippen molar-refractivity contribution in [2.75, 3.05) is 44.7 Å². The molecule has 3 atom stereocenters.